The summed E-state index contributed by atoms with van der Waals surface area (Å²) < 4.78 is 13.3. The topological polar surface area (TPSA) is 55.1 Å². The van der Waals surface area contributed by atoms with E-state index in [0.29, 0.717) is 0 Å². The molecule has 0 aliphatic rings. The van der Waals surface area contributed by atoms with E-state index in [4.69, 9.17) is 17.3 Å². The van der Waals surface area contributed by atoms with Gasteiger partial charge in [-0.3, -0.25) is 4.79 Å². The van der Waals surface area contributed by atoms with Gasteiger partial charge in [0.25, 0.3) is 0 Å². The molecule has 0 fully saturated rings. The summed E-state index contributed by atoms with van der Waals surface area (Å²) in [6, 6.07) is 4.64. The molecule has 0 bridgehead atoms. The molecule has 0 heterocycles. The smallest absolute Gasteiger partial charge is 0.222 e. The lowest BCUT2D eigenvalue weighted by Crippen LogP contribution is -2.26. The predicted octanol–water partition coefficient (Wildman–Crippen LogP) is 2.01. The second kappa shape index (κ2) is 4.98. The second-order valence-electron chi connectivity index (χ2n) is 3.29. The van der Waals surface area contributed by atoms with Crippen molar-refractivity contribution >= 4 is 23.2 Å². The summed E-state index contributed by atoms with van der Waals surface area (Å²) in [5.74, 6) is -1.30. The number of hydrogen-bond donors (Lipinski definition) is 2. The number of amides is 1. The SMILES string of the molecule is CC(CNc1cccc(Cl)c1F)C(N)=O. The highest BCUT2D eigenvalue weighted by molar-refractivity contribution is 6.31. The highest BCUT2D eigenvalue weighted by Crippen LogP contribution is 2.21. The molecule has 0 radical (unpaired) electrons. The minimum absolute atomic E-state index is 0.0479. The van der Waals surface area contributed by atoms with Gasteiger partial charge in [-0.15, -0.1) is 0 Å². The number of hydrogen-bond acceptors (Lipinski definition) is 2. The van der Waals surface area contributed by atoms with Crippen molar-refractivity contribution in [3.8, 4) is 0 Å². The molecule has 1 atom stereocenters. The molecule has 0 saturated heterocycles. The number of carbonyl (C=O) groups excluding carboxylic acids is 1. The molecule has 3 nitrogen and oxygen atoms in total. The van der Waals surface area contributed by atoms with Crippen LogP contribution in [0.5, 0.6) is 0 Å². The summed E-state index contributed by atoms with van der Waals surface area (Å²) >= 11 is 5.59. The number of halogens is 2. The quantitative estimate of drug-likeness (QED) is 0.832. The first kappa shape index (κ1) is 11.8. The molecule has 15 heavy (non-hydrogen) atoms. The normalized spacial score (nSPS) is 12.2. The molecule has 3 N–H and O–H groups in total. The van der Waals surface area contributed by atoms with E-state index in [0.717, 1.165) is 0 Å². The van der Waals surface area contributed by atoms with Crippen molar-refractivity contribution in [3.05, 3.63) is 29.0 Å². The van der Waals surface area contributed by atoms with Gasteiger partial charge in [0, 0.05) is 6.54 Å². The zero-order valence-corrected chi connectivity index (χ0v) is 9.01. The van der Waals surface area contributed by atoms with E-state index in [1.165, 1.54) is 6.07 Å². The van der Waals surface area contributed by atoms with Crippen LogP contribution in [0.1, 0.15) is 6.92 Å². The van der Waals surface area contributed by atoms with Gasteiger partial charge in [0.05, 0.1) is 16.6 Å². The fourth-order valence-electron chi connectivity index (χ4n) is 1.00. The van der Waals surface area contributed by atoms with E-state index in [2.05, 4.69) is 5.32 Å². The third-order valence-electron chi connectivity index (χ3n) is 2.04. The number of nitrogens with two attached hydrogens (primary N) is 1. The van der Waals surface area contributed by atoms with Crippen LogP contribution in [0.2, 0.25) is 5.02 Å². The van der Waals surface area contributed by atoms with Gasteiger partial charge in [-0.25, -0.2) is 4.39 Å². The maximum atomic E-state index is 13.3. The predicted molar refractivity (Wildman–Crippen MR) is 58.3 cm³/mol. The summed E-state index contributed by atoms with van der Waals surface area (Å²) in [7, 11) is 0. The number of primary amides is 1. The Morgan fingerprint density at radius 1 is 1.67 bits per heavy atom. The van der Waals surface area contributed by atoms with Gasteiger partial charge in [-0.05, 0) is 12.1 Å². The highest BCUT2D eigenvalue weighted by atomic mass is 35.5. The molecule has 0 aliphatic heterocycles. The van der Waals surface area contributed by atoms with Crippen LogP contribution in [0, 0.1) is 11.7 Å². The number of rotatable bonds is 4. The molecule has 1 unspecified atom stereocenters. The lowest BCUT2D eigenvalue weighted by Gasteiger charge is -2.11. The van der Waals surface area contributed by atoms with Gasteiger partial charge in [0.1, 0.15) is 0 Å². The van der Waals surface area contributed by atoms with Gasteiger partial charge in [-0.2, -0.15) is 0 Å². The van der Waals surface area contributed by atoms with Crippen molar-refractivity contribution in [2.24, 2.45) is 11.7 Å². The van der Waals surface area contributed by atoms with Crippen molar-refractivity contribution in [1.29, 1.82) is 0 Å². The van der Waals surface area contributed by atoms with Crippen LogP contribution in [0.25, 0.3) is 0 Å². The fraction of sp³-hybridized carbons (Fsp3) is 0.300. The van der Waals surface area contributed by atoms with Crippen LogP contribution in [-0.4, -0.2) is 12.5 Å². The van der Waals surface area contributed by atoms with E-state index in [1.54, 1.807) is 19.1 Å². The molecule has 1 amide bonds. The van der Waals surface area contributed by atoms with Gasteiger partial charge in [-0.1, -0.05) is 24.6 Å². The Bertz CT molecular complexity index is 370. The average molecular weight is 231 g/mol. The summed E-state index contributed by atoms with van der Waals surface area (Å²) in [4.78, 5) is 10.7. The number of anilines is 1. The number of benzene rings is 1. The third kappa shape index (κ3) is 3.09. The van der Waals surface area contributed by atoms with Crippen LogP contribution in [0.15, 0.2) is 18.2 Å². The van der Waals surface area contributed by atoms with Gasteiger partial charge in [0.15, 0.2) is 5.82 Å². The molecule has 1 rings (SSSR count). The molecule has 0 spiro atoms. The third-order valence-corrected chi connectivity index (χ3v) is 2.33. The van der Waals surface area contributed by atoms with Gasteiger partial charge in [0.2, 0.25) is 5.91 Å². The summed E-state index contributed by atoms with van der Waals surface area (Å²) in [5.41, 5.74) is 5.34. The monoisotopic (exact) mass is 230 g/mol. The van der Waals surface area contributed by atoms with Crippen LogP contribution >= 0.6 is 11.6 Å². The zero-order valence-electron chi connectivity index (χ0n) is 8.26. The molecule has 0 aliphatic carbocycles. The Morgan fingerprint density at radius 3 is 2.93 bits per heavy atom. The lowest BCUT2D eigenvalue weighted by atomic mass is 10.1. The summed E-state index contributed by atoms with van der Waals surface area (Å²) in [6.07, 6.45) is 0. The van der Waals surface area contributed by atoms with E-state index >= 15 is 0 Å². The standard InChI is InChI=1S/C10H12ClFN2O/c1-6(10(13)15)5-14-8-4-2-3-7(11)9(8)12/h2-4,6,14H,5H2,1H3,(H2,13,15). The maximum Gasteiger partial charge on any atom is 0.222 e. The Hall–Kier alpha value is -1.29. The second-order valence-corrected chi connectivity index (χ2v) is 3.69. The molecular formula is C10H12ClFN2O. The van der Waals surface area contributed by atoms with Crippen LogP contribution < -0.4 is 11.1 Å². The van der Waals surface area contributed by atoms with Crippen molar-refractivity contribution in [3.63, 3.8) is 0 Å². The van der Waals surface area contributed by atoms with E-state index in [-0.39, 0.29) is 23.2 Å². The van der Waals surface area contributed by atoms with Crippen LogP contribution in [0.4, 0.5) is 10.1 Å². The first-order valence-electron chi connectivity index (χ1n) is 4.49. The molecule has 1 aromatic rings. The minimum Gasteiger partial charge on any atom is -0.382 e. The highest BCUT2D eigenvalue weighted by Gasteiger charge is 2.10. The van der Waals surface area contributed by atoms with Crippen molar-refractivity contribution in [1.82, 2.24) is 0 Å². The Kier molecular flexibility index (Phi) is 3.91. The molecule has 82 valence electrons. The Balaban J connectivity index is 2.66. The van der Waals surface area contributed by atoms with E-state index < -0.39 is 11.7 Å². The number of nitrogens with one attached hydrogen (secondary N) is 1. The first-order chi connectivity index (χ1) is 7.02. The van der Waals surface area contributed by atoms with Crippen molar-refractivity contribution < 1.29 is 9.18 Å². The van der Waals surface area contributed by atoms with Crippen molar-refractivity contribution in [2.75, 3.05) is 11.9 Å². The summed E-state index contributed by atoms with van der Waals surface area (Å²) in [5, 5.41) is 2.82. The van der Waals surface area contributed by atoms with Crippen LogP contribution in [-0.2, 0) is 4.79 Å². The minimum atomic E-state index is -0.518. The van der Waals surface area contributed by atoms with Gasteiger partial charge >= 0.3 is 0 Å². The Labute approximate surface area is 92.4 Å². The summed E-state index contributed by atoms with van der Waals surface area (Å²) in [6.45, 7) is 1.95. The first-order valence-corrected chi connectivity index (χ1v) is 4.87. The molecule has 1 aromatic carbocycles. The molecule has 0 aromatic heterocycles. The van der Waals surface area contributed by atoms with Gasteiger partial charge < -0.3 is 11.1 Å². The lowest BCUT2D eigenvalue weighted by molar-refractivity contribution is -0.120. The van der Waals surface area contributed by atoms with E-state index in [9.17, 15) is 9.18 Å². The fourth-order valence-corrected chi connectivity index (χ4v) is 1.18. The average Bonchev–Trinajstić information content (AvgIpc) is 2.19. The van der Waals surface area contributed by atoms with E-state index in [1.807, 2.05) is 0 Å². The number of carbonyl (C=O) groups is 1. The zero-order chi connectivity index (χ0) is 11.4. The largest absolute Gasteiger partial charge is 0.382 e. The molecule has 0 saturated carbocycles. The maximum absolute atomic E-state index is 13.3. The molecule has 5 heteroatoms. The van der Waals surface area contributed by atoms with Crippen LogP contribution in [0.3, 0.4) is 0 Å². The Morgan fingerprint density at radius 2 is 2.33 bits per heavy atom. The molecular weight excluding hydrogens is 219 g/mol. The van der Waals surface area contributed by atoms with Crippen molar-refractivity contribution in [2.45, 2.75) is 6.92 Å².